The van der Waals surface area contributed by atoms with Crippen molar-refractivity contribution in [3.8, 4) is 5.75 Å². The van der Waals surface area contributed by atoms with Crippen LogP contribution in [0, 0.1) is 0 Å². The zero-order chi connectivity index (χ0) is 22.4. The second-order valence-corrected chi connectivity index (χ2v) is 7.16. The van der Waals surface area contributed by atoms with E-state index in [0.717, 1.165) is 6.42 Å². The van der Waals surface area contributed by atoms with Crippen LogP contribution in [0.1, 0.15) is 37.2 Å². The molecule has 0 spiro atoms. The number of nitrogens with one attached hydrogen (secondary N) is 2. The van der Waals surface area contributed by atoms with Crippen LogP contribution in [0.5, 0.6) is 5.75 Å². The van der Waals surface area contributed by atoms with E-state index in [1.54, 1.807) is 37.3 Å². The Kier molecular flexibility index (Phi) is 7.24. The van der Waals surface area contributed by atoms with E-state index in [1.807, 2.05) is 6.92 Å². The molecule has 1 saturated heterocycles. The molecule has 164 valence electrons. The number of benzene rings is 1. The summed E-state index contributed by atoms with van der Waals surface area (Å²) in [7, 11) is 0. The van der Waals surface area contributed by atoms with Gasteiger partial charge < -0.3 is 14.5 Å². The minimum absolute atomic E-state index is 0.0683. The molecule has 1 atom stereocenters. The summed E-state index contributed by atoms with van der Waals surface area (Å²) in [6, 6.07) is 9.07. The van der Waals surface area contributed by atoms with Gasteiger partial charge in [0.1, 0.15) is 11.8 Å². The van der Waals surface area contributed by atoms with E-state index in [1.165, 1.54) is 22.2 Å². The van der Waals surface area contributed by atoms with Crippen molar-refractivity contribution in [2.24, 2.45) is 0 Å². The minimum Gasteiger partial charge on any atom is -0.494 e. The molecule has 2 heterocycles. The molecule has 9 nitrogen and oxygen atoms in total. The Labute approximate surface area is 185 Å². The average molecular weight is 445 g/mol. The molecule has 2 aromatic rings. The van der Waals surface area contributed by atoms with Gasteiger partial charge in [0.2, 0.25) is 5.91 Å². The fourth-order valence-corrected chi connectivity index (χ4v) is 3.45. The van der Waals surface area contributed by atoms with Crippen LogP contribution in [0.25, 0.3) is 0 Å². The number of hydrazine groups is 1. The smallest absolute Gasteiger partial charge is 0.305 e. The highest BCUT2D eigenvalue weighted by Crippen LogP contribution is 2.21. The Hall–Kier alpha value is -3.40. The largest absolute Gasteiger partial charge is 0.494 e. The topological polar surface area (TPSA) is 104 Å². The number of amides is 3. The molecule has 0 radical (unpaired) electrons. The Morgan fingerprint density at radius 3 is 2.55 bits per heavy atom. The van der Waals surface area contributed by atoms with Crippen molar-refractivity contribution in [2.75, 3.05) is 18.5 Å². The van der Waals surface area contributed by atoms with Crippen LogP contribution in [-0.2, 0) is 9.59 Å². The van der Waals surface area contributed by atoms with Gasteiger partial charge in [-0.2, -0.15) is 0 Å². The number of carbonyl (C=O) groups is 3. The molecule has 0 saturated carbocycles. The number of rotatable bonds is 9. The second-order valence-electron chi connectivity index (χ2n) is 6.79. The van der Waals surface area contributed by atoms with E-state index in [-0.39, 0.29) is 23.2 Å². The molecule has 3 rings (SSSR count). The van der Waals surface area contributed by atoms with Crippen molar-refractivity contribution in [2.45, 2.75) is 32.7 Å². The van der Waals surface area contributed by atoms with E-state index in [2.05, 4.69) is 10.7 Å². The Morgan fingerprint density at radius 1 is 1.19 bits per heavy atom. The van der Waals surface area contributed by atoms with E-state index in [9.17, 15) is 14.4 Å². The van der Waals surface area contributed by atoms with E-state index in [4.69, 9.17) is 21.4 Å². The standard InChI is InChI=1S/C21H24N4O5S/c1-3-11-29-15-9-7-14(8-10-15)22-18(26)13-16-20(28)24(4-2)21(31)25(16)23-19(27)17-6-5-12-30-17/h5-10,12,16H,3-4,11,13H2,1-2H3,(H,22,26)(H,23,27). The van der Waals surface area contributed by atoms with Crippen molar-refractivity contribution < 1.29 is 23.5 Å². The number of hydrogen-bond donors (Lipinski definition) is 2. The third-order valence-corrected chi connectivity index (χ3v) is 4.99. The molecule has 3 amide bonds. The Balaban J connectivity index is 1.67. The first-order valence-corrected chi connectivity index (χ1v) is 10.4. The maximum absolute atomic E-state index is 12.8. The first-order valence-electron chi connectivity index (χ1n) is 9.96. The fraction of sp³-hybridized carbons (Fsp3) is 0.333. The minimum atomic E-state index is -0.960. The molecule has 31 heavy (non-hydrogen) atoms. The summed E-state index contributed by atoms with van der Waals surface area (Å²) in [5, 5.41) is 4.13. The molecule has 1 unspecified atom stereocenters. The monoisotopic (exact) mass is 444 g/mol. The lowest BCUT2D eigenvalue weighted by Crippen LogP contribution is -2.49. The summed E-state index contributed by atoms with van der Waals surface area (Å²) >= 11 is 5.33. The van der Waals surface area contributed by atoms with Crippen LogP contribution in [-0.4, -0.2) is 51.9 Å². The fourth-order valence-electron chi connectivity index (χ4n) is 3.06. The van der Waals surface area contributed by atoms with Gasteiger partial charge in [0.15, 0.2) is 10.9 Å². The van der Waals surface area contributed by atoms with E-state index < -0.39 is 17.9 Å². The van der Waals surface area contributed by atoms with Gasteiger partial charge >= 0.3 is 5.91 Å². The zero-order valence-electron chi connectivity index (χ0n) is 17.3. The van der Waals surface area contributed by atoms with Gasteiger partial charge in [0.25, 0.3) is 5.91 Å². The summed E-state index contributed by atoms with van der Waals surface area (Å²) in [6.07, 6.45) is 2.07. The molecule has 1 aromatic carbocycles. The number of thiocarbonyl (C=S) groups is 1. The van der Waals surface area contributed by atoms with Gasteiger partial charge in [-0.3, -0.25) is 24.7 Å². The van der Waals surface area contributed by atoms with E-state index in [0.29, 0.717) is 24.6 Å². The van der Waals surface area contributed by atoms with Gasteiger partial charge in [-0.1, -0.05) is 6.92 Å². The van der Waals surface area contributed by atoms with Crippen molar-refractivity contribution in [3.05, 3.63) is 48.4 Å². The number of nitrogens with zero attached hydrogens (tertiary/aromatic N) is 2. The average Bonchev–Trinajstić information content (AvgIpc) is 3.37. The highest BCUT2D eigenvalue weighted by Gasteiger charge is 2.44. The summed E-state index contributed by atoms with van der Waals surface area (Å²) in [6.45, 7) is 4.72. The van der Waals surface area contributed by atoms with Crippen LogP contribution in [0.4, 0.5) is 5.69 Å². The molecule has 1 aromatic heterocycles. The first kappa shape index (κ1) is 22.3. The van der Waals surface area contributed by atoms with Gasteiger partial charge in [-0.15, -0.1) is 0 Å². The quantitative estimate of drug-likeness (QED) is 0.573. The number of hydrogen-bond acceptors (Lipinski definition) is 6. The maximum atomic E-state index is 12.8. The number of ether oxygens (including phenoxy) is 1. The van der Waals surface area contributed by atoms with Crippen molar-refractivity contribution >= 4 is 40.7 Å². The molecular formula is C21H24N4O5S. The predicted octanol–water partition coefficient (Wildman–Crippen LogP) is 2.56. The lowest BCUT2D eigenvalue weighted by Gasteiger charge is -2.23. The molecule has 1 fully saturated rings. The third-order valence-electron chi connectivity index (χ3n) is 4.57. The molecule has 0 bridgehead atoms. The normalized spacial score (nSPS) is 15.9. The van der Waals surface area contributed by atoms with Gasteiger partial charge in [-0.05, 0) is 62.0 Å². The van der Waals surface area contributed by atoms with Crippen molar-refractivity contribution in [3.63, 3.8) is 0 Å². The molecule has 0 aliphatic carbocycles. The van der Waals surface area contributed by atoms with Crippen molar-refractivity contribution in [1.29, 1.82) is 0 Å². The maximum Gasteiger partial charge on any atom is 0.305 e. The van der Waals surface area contributed by atoms with Crippen LogP contribution < -0.4 is 15.5 Å². The molecular weight excluding hydrogens is 420 g/mol. The Morgan fingerprint density at radius 2 is 1.94 bits per heavy atom. The number of anilines is 1. The second kappa shape index (κ2) is 10.1. The van der Waals surface area contributed by atoms with Crippen LogP contribution in [0.15, 0.2) is 47.1 Å². The zero-order valence-corrected chi connectivity index (χ0v) is 18.1. The molecule has 10 heteroatoms. The number of likely N-dealkylation sites (N-methyl/N-ethyl adjacent to an activating group) is 1. The predicted molar refractivity (Wildman–Crippen MR) is 117 cm³/mol. The molecule has 2 N–H and O–H groups in total. The van der Waals surface area contributed by atoms with Crippen LogP contribution >= 0.6 is 12.2 Å². The van der Waals surface area contributed by atoms with Crippen LogP contribution in [0.2, 0.25) is 0 Å². The lowest BCUT2D eigenvalue weighted by atomic mass is 10.2. The van der Waals surface area contributed by atoms with E-state index >= 15 is 0 Å². The summed E-state index contributed by atoms with van der Waals surface area (Å²) < 4.78 is 10.6. The van der Waals surface area contributed by atoms with Crippen LogP contribution in [0.3, 0.4) is 0 Å². The third kappa shape index (κ3) is 5.21. The molecule has 1 aliphatic rings. The summed E-state index contributed by atoms with van der Waals surface area (Å²) in [4.78, 5) is 39.1. The van der Waals surface area contributed by atoms with Gasteiger partial charge in [0.05, 0.1) is 19.3 Å². The number of carbonyl (C=O) groups excluding carboxylic acids is 3. The first-order chi connectivity index (χ1) is 14.9. The summed E-state index contributed by atoms with van der Waals surface area (Å²) in [5.74, 6) is -0.532. The lowest BCUT2D eigenvalue weighted by molar-refractivity contribution is -0.130. The molecule has 1 aliphatic heterocycles. The van der Waals surface area contributed by atoms with Gasteiger partial charge in [-0.25, -0.2) is 5.01 Å². The summed E-state index contributed by atoms with van der Waals surface area (Å²) in [5.41, 5.74) is 3.14. The number of furan rings is 1. The highest BCUT2D eigenvalue weighted by molar-refractivity contribution is 7.80. The van der Waals surface area contributed by atoms with Crippen molar-refractivity contribution in [1.82, 2.24) is 15.3 Å². The Bertz CT molecular complexity index is 945. The SMILES string of the molecule is CCCOc1ccc(NC(=O)CC2C(=O)N(CC)C(=S)N2NC(=O)c2ccco2)cc1. The van der Waals surface area contributed by atoms with Gasteiger partial charge in [0, 0.05) is 12.2 Å². The highest BCUT2D eigenvalue weighted by atomic mass is 32.1.